The minimum absolute atomic E-state index is 0.115. The van der Waals surface area contributed by atoms with Crippen LogP contribution in [0.4, 0.5) is 21.5 Å². The third-order valence-corrected chi connectivity index (χ3v) is 3.74. The smallest absolute Gasteiger partial charge is 0.238 e. The molecule has 0 radical (unpaired) electrons. The van der Waals surface area contributed by atoms with Crippen molar-refractivity contribution in [2.24, 2.45) is 5.14 Å². The second-order valence-corrected chi connectivity index (χ2v) is 5.88. The van der Waals surface area contributed by atoms with Crippen LogP contribution in [0.5, 0.6) is 0 Å². The highest BCUT2D eigenvalue weighted by Gasteiger charge is 2.14. The first-order valence-corrected chi connectivity index (χ1v) is 7.25. The highest BCUT2D eigenvalue weighted by molar-refractivity contribution is 7.89. The molecule has 0 saturated carbocycles. The van der Waals surface area contributed by atoms with Gasteiger partial charge in [0.15, 0.2) is 0 Å². The number of nitrogens with two attached hydrogens (primary N) is 2. The summed E-state index contributed by atoms with van der Waals surface area (Å²) in [5.41, 5.74) is 6.63. The van der Waals surface area contributed by atoms with Crippen molar-refractivity contribution in [3.63, 3.8) is 0 Å². The predicted octanol–water partition coefficient (Wildman–Crippen LogP) is 1.82. The number of nitrogens with zero attached hydrogens (tertiary/aromatic N) is 1. The normalized spacial score (nSPS) is 11.3. The lowest BCUT2D eigenvalue weighted by atomic mass is 10.2. The average molecular weight is 295 g/mol. The number of benzene rings is 2. The molecule has 0 aliphatic heterocycles. The maximum atomic E-state index is 13.7. The van der Waals surface area contributed by atoms with Gasteiger partial charge in [0.2, 0.25) is 10.0 Å². The van der Waals surface area contributed by atoms with Gasteiger partial charge in [-0.25, -0.2) is 17.9 Å². The molecule has 0 aromatic heterocycles. The van der Waals surface area contributed by atoms with E-state index in [0.717, 1.165) is 0 Å². The van der Waals surface area contributed by atoms with E-state index in [1.54, 1.807) is 31.3 Å². The fourth-order valence-electron chi connectivity index (χ4n) is 1.83. The number of hydrogen-bond acceptors (Lipinski definition) is 4. The molecule has 0 amide bonds. The molecule has 20 heavy (non-hydrogen) atoms. The van der Waals surface area contributed by atoms with E-state index in [1.165, 1.54) is 23.1 Å². The number of halogens is 1. The molecule has 2 aromatic rings. The second kappa shape index (κ2) is 5.10. The van der Waals surface area contributed by atoms with Crippen LogP contribution in [0.15, 0.2) is 47.4 Å². The lowest BCUT2D eigenvalue weighted by Crippen LogP contribution is -2.15. The lowest BCUT2D eigenvalue weighted by molar-refractivity contribution is 0.598. The van der Waals surface area contributed by atoms with Gasteiger partial charge in [0, 0.05) is 18.4 Å². The number of anilines is 3. The van der Waals surface area contributed by atoms with Crippen molar-refractivity contribution < 1.29 is 12.8 Å². The molecule has 0 aliphatic carbocycles. The molecule has 2 rings (SSSR count). The van der Waals surface area contributed by atoms with E-state index in [0.29, 0.717) is 11.4 Å². The van der Waals surface area contributed by atoms with Crippen molar-refractivity contribution in [3.8, 4) is 0 Å². The van der Waals surface area contributed by atoms with Crippen LogP contribution in [0.3, 0.4) is 0 Å². The maximum absolute atomic E-state index is 13.7. The Morgan fingerprint density at radius 2 is 1.80 bits per heavy atom. The molecule has 0 saturated heterocycles. The monoisotopic (exact) mass is 295 g/mol. The fraction of sp³-hybridized carbons (Fsp3) is 0.0769. The maximum Gasteiger partial charge on any atom is 0.238 e. The van der Waals surface area contributed by atoms with E-state index in [-0.39, 0.29) is 10.6 Å². The number of nitrogen functional groups attached to an aromatic ring is 1. The molecule has 0 fully saturated rings. The molecule has 7 heteroatoms. The number of para-hydroxylation sites is 1. The number of rotatable bonds is 3. The SMILES string of the molecule is CN(c1cc(N)cc(S(N)(=O)=O)c1)c1ccccc1F. The first-order valence-electron chi connectivity index (χ1n) is 5.70. The summed E-state index contributed by atoms with van der Waals surface area (Å²) in [6.45, 7) is 0. The number of primary sulfonamides is 1. The zero-order valence-corrected chi connectivity index (χ0v) is 11.6. The minimum Gasteiger partial charge on any atom is -0.399 e. The van der Waals surface area contributed by atoms with Crippen molar-refractivity contribution in [1.82, 2.24) is 0 Å². The van der Waals surface area contributed by atoms with Crippen molar-refractivity contribution in [1.29, 1.82) is 0 Å². The van der Waals surface area contributed by atoms with E-state index < -0.39 is 15.8 Å². The molecular formula is C13H14FN3O2S. The van der Waals surface area contributed by atoms with Crippen LogP contribution in [-0.2, 0) is 10.0 Å². The predicted molar refractivity (Wildman–Crippen MR) is 76.7 cm³/mol. The van der Waals surface area contributed by atoms with Crippen molar-refractivity contribution in [3.05, 3.63) is 48.3 Å². The zero-order valence-electron chi connectivity index (χ0n) is 10.7. The molecule has 0 unspecified atom stereocenters. The van der Waals surface area contributed by atoms with Gasteiger partial charge in [0.25, 0.3) is 0 Å². The minimum atomic E-state index is -3.87. The molecule has 0 aliphatic rings. The molecule has 0 spiro atoms. The van der Waals surface area contributed by atoms with Crippen LogP contribution in [-0.4, -0.2) is 15.5 Å². The van der Waals surface area contributed by atoms with Gasteiger partial charge in [-0.2, -0.15) is 0 Å². The van der Waals surface area contributed by atoms with Crippen molar-refractivity contribution in [2.45, 2.75) is 4.90 Å². The molecular weight excluding hydrogens is 281 g/mol. The van der Waals surface area contributed by atoms with Crippen LogP contribution in [0, 0.1) is 5.82 Å². The van der Waals surface area contributed by atoms with E-state index in [4.69, 9.17) is 10.9 Å². The van der Waals surface area contributed by atoms with Gasteiger partial charge in [-0.15, -0.1) is 0 Å². The third kappa shape index (κ3) is 2.89. The van der Waals surface area contributed by atoms with Crippen LogP contribution in [0.2, 0.25) is 0 Å². The van der Waals surface area contributed by atoms with Crippen LogP contribution < -0.4 is 15.8 Å². The summed E-state index contributed by atoms with van der Waals surface area (Å²) in [5, 5.41) is 5.09. The topological polar surface area (TPSA) is 89.4 Å². The molecule has 106 valence electrons. The molecule has 4 N–H and O–H groups in total. The Morgan fingerprint density at radius 1 is 1.15 bits per heavy atom. The molecule has 0 heterocycles. The lowest BCUT2D eigenvalue weighted by Gasteiger charge is -2.21. The Morgan fingerprint density at radius 3 is 2.40 bits per heavy atom. The highest BCUT2D eigenvalue weighted by atomic mass is 32.2. The zero-order chi connectivity index (χ0) is 14.9. The van der Waals surface area contributed by atoms with E-state index in [9.17, 15) is 12.8 Å². The Hall–Kier alpha value is -2.12. The van der Waals surface area contributed by atoms with Gasteiger partial charge in [-0.05, 0) is 30.3 Å². The summed E-state index contributed by atoms with van der Waals surface area (Å²) in [6, 6.07) is 10.3. The Balaban J connectivity index is 2.53. The van der Waals surface area contributed by atoms with Gasteiger partial charge >= 0.3 is 0 Å². The van der Waals surface area contributed by atoms with Crippen molar-refractivity contribution in [2.75, 3.05) is 17.7 Å². The van der Waals surface area contributed by atoms with E-state index >= 15 is 0 Å². The van der Waals surface area contributed by atoms with E-state index in [2.05, 4.69) is 0 Å². The first kappa shape index (κ1) is 14.3. The Bertz CT molecular complexity index is 747. The Kier molecular flexibility index (Phi) is 3.65. The molecule has 2 aromatic carbocycles. The van der Waals surface area contributed by atoms with E-state index in [1.807, 2.05) is 0 Å². The van der Waals surface area contributed by atoms with Crippen LogP contribution in [0.1, 0.15) is 0 Å². The highest BCUT2D eigenvalue weighted by Crippen LogP contribution is 2.29. The quantitative estimate of drug-likeness (QED) is 0.845. The standard InChI is InChI=1S/C13H14FN3O2S/c1-17(13-5-3-2-4-12(13)14)10-6-9(15)7-11(8-10)20(16,18)19/h2-8H,15H2,1H3,(H2,16,18,19). The summed E-state index contributed by atoms with van der Waals surface area (Å²) < 4.78 is 36.5. The van der Waals surface area contributed by atoms with Gasteiger partial charge in [0.1, 0.15) is 5.82 Å². The largest absolute Gasteiger partial charge is 0.399 e. The van der Waals surface area contributed by atoms with Gasteiger partial charge in [-0.1, -0.05) is 12.1 Å². The van der Waals surface area contributed by atoms with Crippen LogP contribution >= 0.6 is 0 Å². The summed E-state index contributed by atoms with van der Waals surface area (Å²) in [5.74, 6) is -0.422. The van der Waals surface area contributed by atoms with Crippen molar-refractivity contribution >= 4 is 27.1 Å². The summed E-state index contributed by atoms with van der Waals surface area (Å²) in [4.78, 5) is 1.39. The van der Waals surface area contributed by atoms with Gasteiger partial charge in [0.05, 0.1) is 10.6 Å². The fourth-order valence-corrected chi connectivity index (χ4v) is 2.41. The van der Waals surface area contributed by atoms with Crippen LogP contribution in [0.25, 0.3) is 0 Å². The second-order valence-electron chi connectivity index (χ2n) is 4.32. The third-order valence-electron chi connectivity index (χ3n) is 2.84. The molecule has 5 nitrogen and oxygen atoms in total. The number of hydrogen-bond donors (Lipinski definition) is 2. The molecule has 0 bridgehead atoms. The number of sulfonamides is 1. The van der Waals surface area contributed by atoms with Gasteiger partial charge in [-0.3, -0.25) is 0 Å². The average Bonchev–Trinajstić information content (AvgIpc) is 2.37. The first-order chi connectivity index (χ1) is 9.29. The summed E-state index contributed by atoms with van der Waals surface area (Å²) in [7, 11) is -2.26. The Labute approximate surface area is 116 Å². The summed E-state index contributed by atoms with van der Waals surface area (Å²) in [6.07, 6.45) is 0. The molecule has 0 atom stereocenters. The summed E-state index contributed by atoms with van der Waals surface area (Å²) >= 11 is 0. The van der Waals surface area contributed by atoms with Gasteiger partial charge < -0.3 is 10.6 Å².